The molecule has 0 saturated heterocycles. The first kappa shape index (κ1) is 7.30. The predicted octanol–water partition coefficient (Wildman–Crippen LogP) is 2.27. The van der Waals surface area contributed by atoms with Crippen molar-refractivity contribution in [1.29, 1.82) is 0 Å². The summed E-state index contributed by atoms with van der Waals surface area (Å²) in [5.41, 5.74) is 1.04. The van der Waals surface area contributed by atoms with Crippen molar-refractivity contribution in [1.82, 2.24) is 4.37 Å². The van der Waals surface area contributed by atoms with E-state index in [9.17, 15) is 0 Å². The summed E-state index contributed by atoms with van der Waals surface area (Å²) in [6, 6.07) is 1.98. The van der Waals surface area contributed by atoms with Crippen LogP contribution in [0.5, 0.6) is 0 Å². The van der Waals surface area contributed by atoms with Gasteiger partial charge in [-0.25, -0.2) is 0 Å². The second kappa shape index (κ2) is 3.38. The highest BCUT2D eigenvalue weighted by atomic mass is 32.1. The third-order valence-corrected chi connectivity index (χ3v) is 2.00. The minimum atomic E-state index is 0.214. The molecule has 1 unspecified atom stereocenters. The van der Waals surface area contributed by atoms with Crippen LogP contribution in [0.15, 0.2) is 11.4 Å². The Morgan fingerprint density at radius 3 is 3.10 bits per heavy atom. The summed E-state index contributed by atoms with van der Waals surface area (Å²) < 4.78 is 4.16. The molecule has 1 heterocycles. The van der Waals surface area contributed by atoms with E-state index in [1.54, 1.807) is 0 Å². The molecule has 0 N–H and O–H groups in total. The zero-order valence-corrected chi connectivity index (χ0v) is 6.69. The van der Waals surface area contributed by atoms with Crippen molar-refractivity contribution in [2.75, 3.05) is 0 Å². The van der Waals surface area contributed by atoms with E-state index in [1.165, 1.54) is 11.5 Å². The predicted molar refractivity (Wildman–Crippen MR) is 44.0 cm³/mol. The molecule has 1 nitrogen and oxygen atoms in total. The van der Waals surface area contributed by atoms with E-state index in [1.807, 2.05) is 11.4 Å². The minimum Gasteiger partial charge on any atom is -0.196 e. The maximum absolute atomic E-state index is 5.29. The standard InChI is InChI=1S/C8H9NS/c1-3-7(4-2)8-5-6-10-9-8/h1,5-7H,4H2,2H3. The Hall–Kier alpha value is -0.810. The van der Waals surface area contributed by atoms with Crippen LogP contribution >= 0.6 is 11.5 Å². The summed E-state index contributed by atoms with van der Waals surface area (Å²) in [5.74, 6) is 2.91. The zero-order chi connectivity index (χ0) is 7.40. The van der Waals surface area contributed by atoms with Gasteiger partial charge in [-0.2, -0.15) is 4.37 Å². The molecule has 1 atom stereocenters. The first-order chi connectivity index (χ1) is 4.88. The van der Waals surface area contributed by atoms with Crippen LogP contribution in [0.2, 0.25) is 0 Å². The van der Waals surface area contributed by atoms with Gasteiger partial charge in [-0.05, 0) is 24.0 Å². The largest absolute Gasteiger partial charge is 0.196 e. The Morgan fingerprint density at radius 2 is 2.70 bits per heavy atom. The first-order valence-corrected chi connectivity index (χ1v) is 4.08. The van der Waals surface area contributed by atoms with E-state index < -0.39 is 0 Å². The summed E-state index contributed by atoms with van der Waals surface area (Å²) in [7, 11) is 0. The van der Waals surface area contributed by atoms with Gasteiger partial charge in [0, 0.05) is 5.38 Å². The van der Waals surface area contributed by atoms with Crippen LogP contribution in [0.4, 0.5) is 0 Å². The molecular formula is C8H9NS. The smallest absolute Gasteiger partial charge is 0.0692 e. The third kappa shape index (κ3) is 1.37. The molecule has 1 rings (SSSR count). The summed E-state index contributed by atoms with van der Waals surface area (Å²) in [5, 5.41) is 1.95. The highest BCUT2D eigenvalue weighted by molar-refractivity contribution is 7.03. The van der Waals surface area contributed by atoms with E-state index in [-0.39, 0.29) is 5.92 Å². The molecule has 1 aromatic heterocycles. The van der Waals surface area contributed by atoms with Gasteiger partial charge < -0.3 is 0 Å². The maximum Gasteiger partial charge on any atom is 0.0692 e. The lowest BCUT2D eigenvalue weighted by molar-refractivity contribution is 0.811. The topological polar surface area (TPSA) is 12.9 Å². The molecule has 0 aromatic carbocycles. The molecule has 0 bridgehead atoms. The average Bonchev–Trinajstić information content (AvgIpc) is 2.43. The molecule has 0 amide bonds. The number of aromatic nitrogens is 1. The molecule has 0 saturated carbocycles. The number of hydrogen-bond acceptors (Lipinski definition) is 2. The summed E-state index contributed by atoms with van der Waals surface area (Å²) >= 11 is 1.45. The fourth-order valence-corrected chi connectivity index (χ4v) is 1.38. The lowest BCUT2D eigenvalue weighted by Crippen LogP contribution is -1.91. The van der Waals surface area contributed by atoms with Gasteiger partial charge in [0.1, 0.15) is 0 Å². The minimum absolute atomic E-state index is 0.214. The number of hydrogen-bond donors (Lipinski definition) is 0. The normalized spacial score (nSPS) is 12.4. The highest BCUT2D eigenvalue weighted by Gasteiger charge is 2.05. The van der Waals surface area contributed by atoms with Crippen molar-refractivity contribution < 1.29 is 0 Å². The first-order valence-electron chi connectivity index (χ1n) is 3.25. The Morgan fingerprint density at radius 1 is 1.90 bits per heavy atom. The van der Waals surface area contributed by atoms with E-state index in [2.05, 4.69) is 17.2 Å². The van der Waals surface area contributed by atoms with E-state index >= 15 is 0 Å². The summed E-state index contributed by atoms with van der Waals surface area (Å²) in [4.78, 5) is 0. The van der Waals surface area contributed by atoms with Crippen LogP contribution in [0.25, 0.3) is 0 Å². The van der Waals surface area contributed by atoms with Gasteiger partial charge in [-0.1, -0.05) is 12.8 Å². The summed E-state index contributed by atoms with van der Waals surface area (Å²) in [6.07, 6.45) is 6.26. The number of terminal acetylenes is 1. The molecule has 1 aromatic rings. The fourth-order valence-electron chi connectivity index (χ4n) is 0.814. The molecule has 0 aliphatic heterocycles. The fraction of sp³-hybridized carbons (Fsp3) is 0.375. The van der Waals surface area contributed by atoms with Crippen LogP contribution in [0.3, 0.4) is 0 Å². The van der Waals surface area contributed by atoms with Crippen LogP contribution in [-0.4, -0.2) is 4.37 Å². The van der Waals surface area contributed by atoms with Gasteiger partial charge in [0.05, 0.1) is 11.6 Å². The maximum atomic E-state index is 5.29. The van der Waals surface area contributed by atoms with Gasteiger partial charge >= 0.3 is 0 Å². The molecule has 0 spiro atoms. The number of rotatable bonds is 2. The Kier molecular flexibility index (Phi) is 2.47. The monoisotopic (exact) mass is 151 g/mol. The van der Waals surface area contributed by atoms with Crippen molar-refractivity contribution in [2.45, 2.75) is 19.3 Å². The lowest BCUT2D eigenvalue weighted by Gasteiger charge is -2.00. The van der Waals surface area contributed by atoms with Crippen LogP contribution in [0, 0.1) is 12.3 Å². The quantitative estimate of drug-likeness (QED) is 0.591. The second-order valence-electron chi connectivity index (χ2n) is 2.05. The zero-order valence-electron chi connectivity index (χ0n) is 5.87. The second-order valence-corrected chi connectivity index (χ2v) is 2.72. The lowest BCUT2D eigenvalue weighted by atomic mass is 10.0. The molecule has 0 aliphatic rings. The highest BCUT2D eigenvalue weighted by Crippen LogP contribution is 2.16. The van der Waals surface area contributed by atoms with Crippen molar-refractivity contribution >= 4 is 11.5 Å². The molecule has 2 heteroatoms. The molecular weight excluding hydrogens is 142 g/mol. The van der Waals surface area contributed by atoms with Gasteiger partial charge in [0.15, 0.2) is 0 Å². The van der Waals surface area contributed by atoms with Gasteiger partial charge in [-0.3, -0.25) is 0 Å². The van der Waals surface area contributed by atoms with Gasteiger partial charge in [0.2, 0.25) is 0 Å². The van der Waals surface area contributed by atoms with Crippen LogP contribution in [-0.2, 0) is 0 Å². The van der Waals surface area contributed by atoms with Crippen molar-refractivity contribution in [3.05, 3.63) is 17.1 Å². The molecule has 0 radical (unpaired) electrons. The molecule has 52 valence electrons. The van der Waals surface area contributed by atoms with E-state index in [4.69, 9.17) is 6.42 Å². The van der Waals surface area contributed by atoms with Crippen LogP contribution < -0.4 is 0 Å². The Balaban J connectivity index is 2.76. The van der Waals surface area contributed by atoms with Crippen molar-refractivity contribution in [2.24, 2.45) is 0 Å². The molecule has 10 heavy (non-hydrogen) atoms. The molecule has 0 aliphatic carbocycles. The summed E-state index contributed by atoms with van der Waals surface area (Å²) in [6.45, 7) is 2.07. The third-order valence-electron chi connectivity index (χ3n) is 1.42. The number of nitrogens with zero attached hydrogens (tertiary/aromatic N) is 1. The average molecular weight is 151 g/mol. The molecule has 0 fully saturated rings. The van der Waals surface area contributed by atoms with Crippen molar-refractivity contribution in [3.63, 3.8) is 0 Å². The Bertz CT molecular complexity index is 220. The Labute approximate surface area is 65.3 Å². The SMILES string of the molecule is C#CC(CC)c1ccsn1. The van der Waals surface area contributed by atoms with Gasteiger partial charge in [-0.15, -0.1) is 6.42 Å². The van der Waals surface area contributed by atoms with Crippen LogP contribution in [0.1, 0.15) is 25.0 Å². The van der Waals surface area contributed by atoms with Gasteiger partial charge in [0.25, 0.3) is 0 Å². The van der Waals surface area contributed by atoms with Crippen molar-refractivity contribution in [3.8, 4) is 12.3 Å². The van der Waals surface area contributed by atoms with E-state index in [0.717, 1.165) is 12.1 Å². The van der Waals surface area contributed by atoms with E-state index in [0.29, 0.717) is 0 Å².